The zero-order chi connectivity index (χ0) is 27.3. The summed E-state index contributed by atoms with van der Waals surface area (Å²) in [5.41, 5.74) is 4.45. The van der Waals surface area contributed by atoms with Gasteiger partial charge in [0.15, 0.2) is 11.5 Å². The highest BCUT2D eigenvalue weighted by Gasteiger charge is 2.31. The maximum Gasteiger partial charge on any atom is 0.243 e. The van der Waals surface area contributed by atoms with E-state index in [9.17, 15) is 13.2 Å². The Labute approximate surface area is 225 Å². The second-order valence-electron chi connectivity index (χ2n) is 9.36. The summed E-state index contributed by atoms with van der Waals surface area (Å²) in [4.78, 5) is 17.5. The number of hydrogen-bond donors (Lipinski definition) is 0. The van der Waals surface area contributed by atoms with Gasteiger partial charge in [-0.05, 0) is 48.7 Å². The summed E-state index contributed by atoms with van der Waals surface area (Å²) in [6.07, 6.45) is 0. The molecule has 1 fully saturated rings. The number of sulfonamides is 1. The molecule has 0 atom stereocenters. The van der Waals surface area contributed by atoms with Gasteiger partial charge in [0.2, 0.25) is 15.9 Å². The first-order chi connectivity index (χ1) is 18.2. The Kier molecular flexibility index (Phi) is 8.58. The van der Waals surface area contributed by atoms with Crippen molar-refractivity contribution >= 4 is 21.6 Å². The molecule has 9 heteroatoms. The van der Waals surface area contributed by atoms with E-state index in [2.05, 4.69) is 36.9 Å². The molecule has 0 spiro atoms. The van der Waals surface area contributed by atoms with Crippen molar-refractivity contribution < 1.29 is 22.7 Å². The SMILES string of the molecule is COc1ccc(S(=O)(=O)N(CC(=O)N2CCN(c3cccc(C)c3C)CC2)Cc2ccccc2)cc1OC. The van der Waals surface area contributed by atoms with Crippen molar-refractivity contribution in [1.82, 2.24) is 9.21 Å². The molecule has 0 radical (unpaired) electrons. The average molecular weight is 538 g/mol. The van der Waals surface area contributed by atoms with Crippen molar-refractivity contribution in [2.24, 2.45) is 0 Å². The van der Waals surface area contributed by atoms with Gasteiger partial charge in [0, 0.05) is 44.5 Å². The Bertz CT molecular complexity index is 1370. The van der Waals surface area contributed by atoms with Crippen LogP contribution in [0.2, 0.25) is 0 Å². The van der Waals surface area contributed by atoms with Gasteiger partial charge in [0.1, 0.15) is 0 Å². The van der Waals surface area contributed by atoms with E-state index >= 15 is 0 Å². The topological polar surface area (TPSA) is 79.4 Å². The van der Waals surface area contributed by atoms with Crippen molar-refractivity contribution in [2.75, 3.05) is 51.8 Å². The van der Waals surface area contributed by atoms with E-state index in [0.29, 0.717) is 37.7 Å². The number of aryl methyl sites for hydroxylation is 1. The lowest BCUT2D eigenvalue weighted by Gasteiger charge is -2.37. The molecule has 1 aliphatic rings. The molecule has 1 saturated heterocycles. The minimum atomic E-state index is -4.01. The summed E-state index contributed by atoms with van der Waals surface area (Å²) in [5, 5.41) is 0. The predicted molar refractivity (Wildman–Crippen MR) is 148 cm³/mol. The number of carbonyl (C=O) groups excluding carboxylic acids is 1. The number of piperazine rings is 1. The van der Waals surface area contributed by atoms with E-state index in [1.807, 2.05) is 30.3 Å². The van der Waals surface area contributed by atoms with Crippen LogP contribution in [0.25, 0.3) is 0 Å². The van der Waals surface area contributed by atoms with Gasteiger partial charge >= 0.3 is 0 Å². The zero-order valence-corrected chi connectivity index (χ0v) is 23.2. The molecule has 38 heavy (non-hydrogen) atoms. The lowest BCUT2D eigenvalue weighted by molar-refractivity contribution is -0.131. The third-order valence-corrected chi connectivity index (χ3v) is 8.84. The minimum absolute atomic E-state index is 0.0404. The standard InChI is InChI=1S/C29H35N3O5S/c1-22-9-8-12-26(23(22)2)30-15-17-31(18-16-30)29(33)21-32(20-24-10-6-5-7-11-24)38(34,35)25-13-14-27(36-3)28(19-25)37-4/h5-14,19H,15-18,20-21H2,1-4H3. The number of carbonyl (C=O) groups is 1. The van der Waals surface area contributed by atoms with Crippen LogP contribution in [0.15, 0.2) is 71.6 Å². The first-order valence-electron chi connectivity index (χ1n) is 12.6. The number of anilines is 1. The Morgan fingerprint density at radius 1 is 0.868 bits per heavy atom. The largest absolute Gasteiger partial charge is 0.493 e. The van der Waals surface area contributed by atoms with E-state index in [1.165, 1.54) is 47.5 Å². The molecule has 3 aromatic rings. The van der Waals surface area contributed by atoms with Crippen LogP contribution < -0.4 is 14.4 Å². The van der Waals surface area contributed by atoms with Crippen LogP contribution in [-0.4, -0.2) is 70.5 Å². The number of amides is 1. The summed E-state index contributed by atoms with van der Waals surface area (Å²) in [6.45, 7) is 6.47. The van der Waals surface area contributed by atoms with Crippen molar-refractivity contribution in [1.29, 1.82) is 0 Å². The molecule has 0 aliphatic carbocycles. The average Bonchev–Trinajstić information content (AvgIpc) is 2.94. The smallest absolute Gasteiger partial charge is 0.243 e. The maximum absolute atomic E-state index is 13.8. The zero-order valence-electron chi connectivity index (χ0n) is 22.4. The highest BCUT2D eigenvalue weighted by atomic mass is 32.2. The molecule has 1 aliphatic heterocycles. The molecule has 4 rings (SSSR count). The van der Waals surface area contributed by atoms with Gasteiger partial charge in [0.25, 0.3) is 0 Å². The lowest BCUT2D eigenvalue weighted by atomic mass is 10.1. The van der Waals surface area contributed by atoms with Gasteiger partial charge < -0.3 is 19.3 Å². The van der Waals surface area contributed by atoms with Crippen LogP contribution in [-0.2, 0) is 21.4 Å². The third kappa shape index (κ3) is 5.95. The van der Waals surface area contributed by atoms with Gasteiger partial charge in [-0.2, -0.15) is 4.31 Å². The molecule has 0 N–H and O–H groups in total. The molecule has 202 valence electrons. The summed E-state index contributed by atoms with van der Waals surface area (Å²) < 4.78 is 39.4. The number of rotatable bonds is 9. The molecule has 3 aromatic carbocycles. The van der Waals surface area contributed by atoms with E-state index in [4.69, 9.17) is 9.47 Å². The van der Waals surface area contributed by atoms with Crippen LogP contribution >= 0.6 is 0 Å². The Hall–Kier alpha value is -3.56. The first-order valence-corrected chi connectivity index (χ1v) is 14.0. The molecule has 1 heterocycles. The molecular weight excluding hydrogens is 502 g/mol. The van der Waals surface area contributed by atoms with E-state index in [-0.39, 0.29) is 23.9 Å². The van der Waals surface area contributed by atoms with Crippen LogP contribution in [0.3, 0.4) is 0 Å². The number of ether oxygens (including phenoxy) is 2. The Balaban J connectivity index is 1.53. The second kappa shape index (κ2) is 11.9. The molecular formula is C29H35N3O5S. The van der Waals surface area contributed by atoms with E-state index < -0.39 is 10.0 Å². The van der Waals surface area contributed by atoms with Gasteiger partial charge in [-0.15, -0.1) is 0 Å². The number of hydrogen-bond acceptors (Lipinski definition) is 6. The number of nitrogens with zero attached hydrogens (tertiary/aromatic N) is 3. The fourth-order valence-corrected chi connectivity index (χ4v) is 6.06. The molecule has 0 bridgehead atoms. The second-order valence-corrected chi connectivity index (χ2v) is 11.3. The quantitative estimate of drug-likeness (QED) is 0.413. The van der Waals surface area contributed by atoms with Crippen LogP contribution in [0.4, 0.5) is 5.69 Å². The Morgan fingerprint density at radius 2 is 1.55 bits per heavy atom. The van der Waals surface area contributed by atoms with Gasteiger partial charge in [0.05, 0.1) is 25.7 Å². The van der Waals surface area contributed by atoms with Crippen LogP contribution in [0, 0.1) is 13.8 Å². The molecule has 0 unspecified atom stereocenters. The third-order valence-electron chi connectivity index (χ3n) is 7.06. The van der Waals surface area contributed by atoms with Gasteiger partial charge in [-0.3, -0.25) is 4.79 Å². The predicted octanol–water partition coefficient (Wildman–Crippen LogP) is 3.86. The lowest BCUT2D eigenvalue weighted by Crippen LogP contribution is -2.52. The van der Waals surface area contributed by atoms with Crippen LogP contribution in [0.5, 0.6) is 11.5 Å². The molecule has 0 saturated carbocycles. The normalized spacial score (nSPS) is 14.0. The molecule has 0 aromatic heterocycles. The van der Waals surface area contributed by atoms with Crippen molar-refractivity contribution in [3.63, 3.8) is 0 Å². The molecule has 8 nitrogen and oxygen atoms in total. The Morgan fingerprint density at radius 3 is 2.21 bits per heavy atom. The van der Waals surface area contributed by atoms with Crippen molar-refractivity contribution in [3.05, 3.63) is 83.4 Å². The minimum Gasteiger partial charge on any atom is -0.493 e. The van der Waals surface area contributed by atoms with Gasteiger partial charge in [-0.1, -0.05) is 42.5 Å². The monoisotopic (exact) mass is 537 g/mol. The van der Waals surface area contributed by atoms with E-state index in [0.717, 1.165) is 5.56 Å². The maximum atomic E-state index is 13.8. The van der Waals surface area contributed by atoms with E-state index in [1.54, 1.807) is 11.0 Å². The fourth-order valence-electron chi connectivity index (χ4n) is 4.66. The summed E-state index contributed by atoms with van der Waals surface area (Å²) in [7, 11) is -1.07. The van der Waals surface area contributed by atoms with Gasteiger partial charge in [-0.25, -0.2) is 8.42 Å². The van der Waals surface area contributed by atoms with Crippen molar-refractivity contribution in [2.45, 2.75) is 25.3 Å². The first kappa shape index (κ1) is 27.5. The van der Waals surface area contributed by atoms with Crippen molar-refractivity contribution in [3.8, 4) is 11.5 Å². The summed E-state index contributed by atoms with van der Waals surface area (Å²) in [5.74, 6) is 0.520. The molecule has 1 amide bonds. The number of benzene rings is 3. The summed E-state index contributed by atoms with van der Waals surface area (Å²) in [6, 6.07) is 20.0. The highest BCUT2D eigenvalue weighted by Crippen LogP contribution is 2.31. The fraction of sp³-hybridized carbons (Fsp3) is 0.345. The number of methoxy groups -OCH3 is 2. The highest BCUT2D eigenvalue weighted by molar-refractivity contribution is 7.89. The van der Waals surface area contributed by atoms with Crippen LogP contribution in [0.1, 0.15) is 16.7 Å². The summed E-state index contributed by atoms with van der Waals surface area (Å²) >= 11 is 0.